The van der Waals surface area contributed by atoms with E-state index in [1.807, 2.05) is 30.3 Å². The van der Waals surface area contributed by atoms with Crippen molar-refractivity contribution in [3.8, 4) is 0 Å². The number of amides is 2. The average molecular weight is 492 g/mol. The third kappa shape index (κ3) is 6.20. The van der Waals surface area contributed by atoms with Gasteiger partial charge in [0.1, 0.15) is 0 Å². The van der Waals surface area contributed by atoms with Gasteiger partial charge in [-0.05, 0) is 42.7 Å². The molecule has 1 fully saturated rings. The van der Waals surface area contributed by atoms with Gasteiger partial charge in [-0.15, -0.1) is 0 Å². The summed E-state index contributed by atoms with van der Waals surface area (Å²) >= 11 is 6.27. The second-order valence-corrected chi connectivity index (χ2v) is 10.0. The van der Waals surface area contributed by atoms with Crippen LogP contribution in [0, 0.1) is 0 Å². The molecule has 2 unspecified atom stereocenters. The van der Waals surface area contributed by atoms with Crippen LogP contribution in [0.4, 0.5) is 5.69 Å². The summed E-state index contributed by atoms with van der Waals surface area (Å²) in [6.07, 6.45) is 2.21. The summed E-state index contributed by atoms with van der Waals surface area (Å²) in [5, 5.41) is 15.1. The predicted octanol–water partition coefficient (Wildman–Crippen LogP) is 2.34. The molecule has 2 aromatic carbocycles. The molecular weight excluding hydrogens is 466 g/mol. The summed E-state index contributed by atoms with van der Waals surface area (Å²) in [4.78, 5) is 23.8. The molecule has 0 aliphatic carbocycles. The predicted molar refractivity (Wildman–Crippen MR) is 126 cm³/mol. The van der Waals surface area contributed by atoms with E-state index in [1.165, 1.54) is 18.2 Å². The van der Waals surface area contributed by atoms with E-state index < -0.39 is 28.0 Å². The number of halogens is 1. The number of nitrogens with one attached hydrogen (secondary N) is 2. The lowest BCUT2D eigenvalue weighted by Crippen LogP contribution is -2.39. The molecule has 0 radical (unpaired) electrons. The molecule has 0 spiro atoms. The zero-order valence-corrected chi connectivity index (χ0v) is 19.5. The fraction of sp³-hybridized carbons (Fsp3) is 0.304. The molecule has 8 nitrogen and oxygen atoms in total. The molecule has 3 rings (SSSR count). The Morgan fingerprint density at radius 1 is 1.21 bits per heavy atom. The van der Waals surface area contributed by atoms with Gasteiger partial charge >= 0.3 is 0 Å². The van der Waals surface area contributed by atoms with Crippen LogP contribution in [0.2, 0.25) is 5.02 Å². The van der Waals surface area contributed by atoms with Crippen molar-refractivity contribution in [1.82, 2.24) is 9.62 Å². The molecule has 1 saturated heterocycles. The van der Waals surface area contributed by atoms with E-state index >= 15 is 0 Å². The first-order valence-electron chi connectivity index (χ1n) is 10.4. The molecule has 2 atom stereocenters. The highest BCUT2D eigenvalue weighted by atomic mass is 35.5. The molecule has 1 aliphatic heterocycles. The Morgan fingerprint density at radius 3 is 2.58 bits per heavy atom. The number of rotatable bonds is 9. The Labute approximate surface area is 198 Å². The van der Waals surface area contributed by atoms with Crippen LogP contribution in [0.1, 0.15) is 18.4 Å². The van der Waals surface area contributed by atoms with Crippen LogP contribution in [0.5, 0.6) is 0 Å². The first-order valence-corrected chi connectivity index (χ1v) is 12.3. The van der Waals surface area contributed by atoms with Gasteiger partial charge < -0.3 is 15.7 Å². The Balaban J connectivity index is 1.69. The molecular formula is C23H26ClN3O5S. The van der Waals surface area contributed by atoms with E-state index in [-0.39, 0.29) is 41.8 Å². The Kier molecular flexibility index (Phi) is 8.25. The summed E-state index contributed by atoms with van der Waals surface area (Å²) in [5.41, 5.74) is 1.34. The lowest BCUT2D eigenvalue weighted by Gasteiger charge is -2.22. The molecule has 0 saturated carbocycles. The van der Waals surface area contributed by atoms with Gasteiger partial charge in [0, 0.05) is 19.0 Å². The summed E-state index contributed by atoms with van der Waals surface area (Å²) in [7, 11) is -3.99. The van der Waals surface area contributed by atoms with Crippen LogP contribution in [0.15, 0.2) is 66.1 Å². The molecule has 10 heteroatoms. The van der Waals surface area contributed by atoms with Gasteiger partial charge in [0.2, 0.25) is 21.8 Å². The Morgan fingerprint density at radius 2 is 1.94 bits per heavy atom. The van der Waals surface area contributed by atoms with Gasteiger partial charge in [0.25, 0.3) is 0 Å². The van der Waals surface area contributed by atoms with Crippen LogP contribution < -0.4 is 10.6 Å². The molecule has 1 heterocycles. The highest BCUT2D eigenvalue weighted by molar-refractivity contribution is 7.89. The van der Waals surface area contributed by atoms with E-state index in [0.717, 1.165) is 15.9 Å². The van der Waals surface area contributed by atoms with Gasteiger partial charge in [-0.25, -0.2) is 8.42 Å². The summed E-state index contributed by atoms with van der Waals surface area (Å²) in [5.74, 6) is -0.650. The summed E-state index contributed by atoms with van der Waals surface area (Å²) < 4.78 is 27.5. The summed E-state index contributed by atoms with van der Waals surface area (Å²) in [6, 6.07) is 12.5. The number of nitrogens with zero attached hydrogens (tertiary/aromatic N) is 1. The third-order valence-electron chi connectivity index (χ3n) is 5.41. The maximum absolute atomic E-state index is 13.2. The van der Waals surface area contributed by atoms with Gasteiger partial charge in [-0.2, -0.15) is 4.31 Å². The Bertz CT molecular complexity index is 1120. The molecule has 33 heavy (non-hydrogen) atoms. The first kappa shape index (κ1) is 24.9. The van der Waals surface area contributed by atoms with Crippen molar-refractivity contribution in [2.24, 2.45) is 0 Å². The molecule has 2 aromatic rings. The monoisotopic (exact) mass is 491 g/mol. The number of anilines is 1. The highest BCUT2D eigenvalue weighted by Gasteiger charge is 2.40. The fourth-order valence-corrected chi connectivity index (χ4v) is 5.71. The van der Waals surface area contributed by atoms with E-state index in [1.54, 1.807) is 0 Å². The fourth-order valence-electron chi connectivity index (χ4n) is 3.72. The van der Waals surface area contributed by atoms with Crippen molar-refractivity contribution in [2.45, 2.75) is 36.2 Å². The number of aliphatic hydroxyl groups excluding tert-OH is 1. The lowest BCUT2D eigenvalue weighted by molar-refractivity contribution is -0.117. The van der Waals surface area contributed by atoms with Crippen molar-refractivity contribution < 1.29 is 23.1 Å². The zero-order chi connectivity index (χ0) is 24.0. The minimum Gasteiger partial charge on any atom is -0.395 e. The number of carbonyl (C=O) groups is 2. The number of carbonyl (C=O) groups excluding carboxylic acids is 2. The SMILES string of the molecule is C=CC(=O)NC1CC(CO)N(S(=O)(=O)c2ccc(NC(=O)CCc3ccccc3)c(Cl)c2)C1. The third-order valence-corrected chi connectivity index (χ3v) is 7.64. The van der Waals surface area contributed by atoms with E-state index in [4.69, 9.17) is 11.6 Å². The van der Waals surface area contributed by atoms with Gasteiger partial charge in [-0.3, -0.25) is 9.59 Å². The quantitative estimate of drug-likeness (QED) is 0.466. The Hall–Kier alpha value is -2.72. The smallest absolute Gasteiger partial charge is 0.243 e. The summed E-state index contributed by atoms with van der Waals surface area (Å²) in [6.45, 7) is 3.02. The zero-order valence-electron chi connectivity index (χ0n) is 17.9. The normalized spacial score (nSPS) is 18.6. The number of aryl methyl sites for hydroxylation is 1. The van der Waals surface area contributed by atoms with E-state index in [0.29, 0.717) is 12.1 Å². The highest BCUT2D eigenvalue weighted by Crippen LogP contribution is 2.30. The van der Waals surface area contributed by atoms with Crippen molar-refractivity contribution in [1.29, 1.82) is 0 Å². The van der Waals surface area contributed by atoms with Gasteiger partial charge in [0.05, 0.1) is 28.3 Å². The largest absolute Gasteiger partial charge is 0.395 e. The van der Waals surface area contributed by atoms with Crippen LogP contribution in [-0.4, -0.2) is 54.9 Å². The van der Waals surface area contributed by atoms with Crippen molar-refractivity contribution >= 4 is 39.1 Å². The molecule has 0 bridgehead atoms. The topological polar surface area (TPSA) is 116 Å². The number of hydrogen-bond acceptors (Lipinski definition) is 5. The van der Waals surface area contributed by atoms with Crippen LogP contribution in [0.3, 0.4) is 0 Å². The molecule has 1 aliphatic rings. The standard InChI is InChI=1S/C23H26ClN3O5S/c1-2-22(29)25-17-12-18(15-28)27(14-17)33(31,32)19-9-10-21(20(24)13-19)26-23(30)11-8-16-6-4-3-5-7-16/h2-7,9-10,13,17-18,28H,1,8,11-12,14-15H2,(H,25,29)(H,26,30). The number of aliphatic hydroxyl groups is 1. The molecule has 0 aromatic heterocycles. The van der Waals surface area contributed by atoms with Crippen LogP contribution in [-0.2, 0) is 26.0 Å². The van der Waals surface area contributed by atoms with E-state index in [2.05, 4.69) is 17.2 Å². The van der Waals surface area contributed by atoms with Crippen LogP contribution >= 0.6 is 11.6 Å². The minimum absolute atomic E-state index is 0.0166. The lowest BCUT2D eigenvalue weighted by atomic mass is 10.1. The molecule has 176 valence electrons. The van der Waals surface area contributed by atoms with Crippen LogP contribution in [0.25, 0.3) is 0 Å². The second-order valence-electron chi connectivity index (χ2n) is 7.73. The maximum atomic E-state index is 13.2. The first-order chi connectivity index (χ1) is 15.7. The number of benzene rings is 2. The van der Waals surface area contributed by atoms with Gasteiger partial charge in [0.15, 0.2) is 0 Å². The minimum atomic E-state index is -3.99. The van der Waals surface area contributed by atoms with Crippen molar-refractivity contribution in [3.05, 3.63) is 71.8 Å². The second kappa shape index (κ2) is 10.9. The maximum Gasteiger partial charge on any atom is 0.243 e. The number of sulfonamides is 1. The number of hydrogen-bond donors (Lipinski definition) is 3. The van der Waals surface area contributed by atoms with Crippen molar-refractivity contribution in [3.63, 3.8) is 0 Å². The van der Waals surface area contributed by atoms with E-state index in [9.17, 15) is 23.1 Å². The van der Waals surface area contributed by atoms with Gasteiger partial charge in [-0.1, -0.05) is 48.5 Å². The molecule has 2 amide bonds. The molecule has 3 N–H and O–H groups in total. The van der Waals surface area contributed by atoms with Crippen molar-refractivity contribution in [2.75, 3.05) is 18.5 Å². The average Bonchev–Trinajstić information content (AvgIpc) is 3.23.